The maximum atomic E-state index is 12.4. The second kappa shape index (κ2) is 10.6. The van der Waals surface area contributed by atoms with Gasteiger partial charge in [-0.15, -0.1) is 0 Å². The zero-order chi connectivity index (χ0) is 22.9. The highest BCUT2D eigenvalue weighted by molar-refractivity contribution is 5.76. The number of halogens is 3. The molecule has 0 aromatic carbocycles. The van der Waals surface area contributed by atoms with Crippen LogP contribution in [0.1, 0.15) is 28.5 Å². The van der Waals surface area contributed by atoms with Gasteiger partial charge in [-0.25, -0.2) is 14.8 Å². The summed E-state index contributed by atoms with van der Waals surface area (Å²) in [4.78, 5) is 32.2. The number of alkyl halides is 3. The van der Waals surface area contributed by atoms with Crippen LogP contribution in [0.3, 0.4) is 0 Å². The van der Waals surface area contributed by atoms with Gasteiger partial charge in [-0.1, -0.05) is 0 Å². The lowest BCUT2D eigenvalue weighted by molar-refractivity contribution is -0.138. The molecule has 1 saturated heterocycles. The van der Waals surface area contributed by atoms with Crippen molar-refractivity contribution < 1.29 is 35.3 Å². The molecule has 28 heavy (non-hydrogen) atoms. The van der Waals surface area contributed by atoms with Crippen LogP contribution < -0.4 is 10.6 Å². The minimum atomic E-state index is -4.47. The molecule has 1 aromatic heterocycles. The second-order valence-corrected chi connectivity index (χ2v) is 5.77. The molecule has 0 radical (unpaired) electrons. The lowest BCUT2D eigenvalue weighted by Gasteiger charge is -2.34. The molecule has 0 saturated carbocycles. The summed E-state index contributed by atoms with van der Waals surface area (Å²) in [6, 6.07) is 0. The summed E-state index contributed by atoms with van der Waals surface area (Å²) in [7, 11) is 0. The number of aromatic nitrogens is 2. The molecule has 1 aliphatic rings. The number of primary amides is 1. The first-order chi connectivity index (χ1) is 13.9. The van der Waals surface area contributed by atoms with Crippen LogP contribution in [0.5, 0.6) is 0 Å². The Balaban J connectivity index is 0.000000479. The maximum Gasteiger partial charge on any atom is 0.419 e. The first-order valence-corrected chi connectivity index (χ1v) is 8.21. The van der Waals surface area contributed by atoms with Gasteiger partial charge in [-0.05, 0) is 13.8 Å². The Morgan fingerprint density at radius 1 is 1.36 bits per heavy atom. The van der Waals surface area contributed by atoms with Crippen molar-refractivity contribution in [2.75, 3.05) is 37.7 Å². The Bertz CT molecular complexity index is 686. The highest BCUT2D eigenvalue weighted by Crippen LogP contribution is 2.28. The molecule has 1 aliphatic heterocycles. The molecule has 12 heteroatoms. The second-order valence-electron chi connectivity index (χ2n) is 5.77. The van der Waals surface area contributed by atoms with Crippen LogP contribution in [0, 0.1) is 0 Å². The topological polar surface area (TPSA) is 122 Å². The van der Waals surface area contributed by atoms with E-state index >= 15 is 0 Å². The van der Waals surface area contributed by atoms with Crippen molar-refractivity contribution in [3.8, 4) is 0 Å². The summed E-state index contributed by atoms with van der Waals surface area (Å²) in [5.74, 6) is -0.142. The van der Waals surface area contributed by atoms with Crippen LogP contribution in [0.2, 0.25) is 0 Å². The number of hydrogen-bond donors (Lipinski definition) is 2. The summed E-state index contributed by atoms with van der Waals surface area (Å²) in [5, 5.41) is 8.87. The fourth-order valence-corrected chi connectivity index (χ4v) is 2.19. The van der Waals surface area contributed by atoms with Gasteiger partial charge in [0.2, 0.25) is 11.9 Å². The van der Waals surface area contributed by atoms with Gasteiger partial charge in [-0.2, -0.15) is 13.2 Å². The Labute approximate surface area is 163 Å². The first kappa shape index (κ1) is 20.1. The molecule has 1 aromatic rings. The molecule has 2 rings (SSSR count). The van der Waals surface area contributed by atoms with E-state index in [-0.39, 0.29) is 31.3 Å². The van der Waals surface area contributed by atoms with Crippen molar-refractivity contribution in [1.82, 2.24) is 14.9 Å². The molecular formula is C16H24F3N5O4. The molecule has 0 spiro atoms. The third kappa shape index (κ3) is 7.94. The zero-order valence-corrected chi connectivity index (χ0v) is 15.2. The van der Waals surface area contributed by atoms with Crippen molar-refractivity contribution in [2.45, 2.75) is 32.5 Å². The van der Waals surface area contributed by atoms with Gasteiger partial charge in [0.05, 0.1) is 19.6 Å². The lowest BCUT2D eigenvalue weighted by Crippen LogP contribution is -2.49. The Hall–Kier alpha value is -2.63. The van der Waals surface area contributed by atoms with E-state index in [4.69, 9.17) is 7.85 Å². The van der Waals surface area contributed by atoms with Crippen LogP contribution in [-0.2, 0) is 15.7 Å². The Morgan fingerprint density at radius 2 is 1.93 bits per heavy atom. The number of nitrogens with two attached hydrogens (primary N) is 1. The van der Waals surface area contributed by atoms with E-state index in [1.165, 1.54) is 4.90 Å². The maximum absolute atomic E-state index is 12.4. The normalized spacial score (nSPS) is 17.5. The van der Waals surface area contributed by atoms with Crippen LogP contribution in [0.4, 0.5) is 23.9 Å². The summed E-state index contributed by atoms with van der Waals surface area (Å²) in [6.07, 6.45) is -4.47. The molecule has 0 bridgehead atoms. The third-order valence-corrected chi connectivity index (χ3v) is 3.46. The van der Waals surface area contributed by atoms with E-state index < -0.39 is 24.4 Å². The van der Waals surface area contributed by atoms with Crippen molar-refractivity contribution in [3.63, 3.8) is 0 Å². The number of aliphatic hydroxyl groups is 1. The molecule has 2 amide bonds. The SMILES string of the molecule is [2H]C(O)CC(=O)N1CCN(c2ncc(C(F)(F)F)cn2)CC1.[2H]CC(C)OC(N)=O. The third-order valence-electron chi connectivity index (χ3n) is 3.46. The van der Waals surface area contributed by atoms with E-state index in [1.807, 2.05) is 0 Å². The first-order valence-electron chi connectivity index (χ1n) is 9.50. The van der Waals surface area contributed by atoms with Crippen LogP contribution in [0.25, 0.3) is 0 Å². The van der Waals surface area contributed by atoms with Crippen molar-refractivity contribution in [3.05, 3.63) is 18.0 Å². The van der Waals surface area contributed by atoms with Gasteiger partial charge in [0, 0.05) is 46.4 Å². The van der Waals surface area contributed by atoms with E-state index in [0.717, 1.165) is 12.4 Å². The van der Waals surface area contributed by atoms with E-state index in [9.17, 15) is 22.8 Å². The number of carbonyl (C=O) groups excluding carboxylic acids is 2. The van der Waals surface area contributed by atoms with Crippen molar-refractivity contribution in [2.24, 2.45) is 5.73 Å². The summed E-state index contributed by atoms with van der Waals surface area (Å²) in [6.45, 7) is 1.67. The quantitative estimate of drug-likeness (QED) is 0.761. The number of anilines is 1. The minimum Gasteiger partial charge on any atom is -0.447 e. The van der Waals surface area contributed by atoms with E-state index in [2.05, 4.69) is 20.4 Å². The molecule has 2 heterocycles. The standard InChI is InChI=1S/C12H15F3N4O2.C4H9NO2/c13-12(14,15)9-7-16-11(17-8-9)19-4-2-18(3-5-19)10(21)1-6-20;1-3(2)7-4(5)6/h7-8,20H,1-6H2;3H,1-2H3,(H2,5,6)/i6D;1D. The van der Waals surface area contributed by atoms with Gasteiger partial charge in [0.1, 0.15) is 0 Å². The molecule has 3 N–H and O–H groups in total. The van der Waals surface area contributed by atoms with Gasteiger partial charge in [0.25, 0.3) is 0 Å². The van der Waals surface area contributed by atoms with Crippen LogP contribution in [-0.4, -0.2) is 70.8 Å². The van der Waals surface area contributed by atoms with Crippen molar-refractivity contribution in [1.29, 1.82) is 0 Å². The number of hydrogen-bond acceptors (Lipinski definition) is 7. The molecule has 158 valence electrons. The molecule has 0 aliphatic carbocycles. The van der Waals surface area contributed by atoms with E-state index in [1.54, 1.807) is 11.8 Å². The largest absolute Gasteiger partial charge is 0.447 e. The summed E-state index contributed by atoms with van der Waals surface area (Å²) >= 11 is 0. The van der Waals surface area contributed by atoms with Gasteiger partial charge in [0.15, 0.2) is 0 Å². The number of nitrogens with zero attached hydrogens (tertiary/aromatic N) is 4. The van der Waals surface area contributed by atoms with Crippen molar-refractivity contribution >= 4 is 17.9 Å². The average Bonchev–Trinajstić information content (AvgIpc) is 2.67. The number of amides is 2. The van der Waals surface area contributed by atoms with Crippen LogP contribution in [0.15, 0.2) is 12.4 Å². The van der Waals surface area contributed by atoms with Gasteiger partial charge in [-0.3, -0.25) is 4.79 Å². The molecule has 2 unspecified atom stereocenters. The predicted molar refractivity (Wildman–Crippen MR) is 93.3 cm³/mol. The van der Waals surface area contributed by atoms with E-state index in [0.29, 0.717) is 26.2 Å². The highest BCUT2D eigenvalue weighted by Gasteiger charge is 2.32. The monoisotopic (exact) mass is 409 g/mol. The minimum absolute atomic E-state index is 0.0585. The fourth-order valence-electron chi connectivity index (χ4n) is 2.19. The summed E-state index contributed by atoms with van der Waals surface area (Å²) < 4.78 is 55.3. The van der Waals surface area contributed by atoms with Gasteiger partial charge < -0.3 is 25.4 Å². The smallest absolute Gasteiger partial charge is 0.419 e. The number of carbonyl (C=O) groups is 2. The lowest BCUT2D eigenvalue weighted by atomic mass is 10.3. The summed E-state index contributed by atoms with van der Waals surface area (Å²) in [5.41, 5.74) is 3.72. The average molecular weight is 409 g/mol. The van der Waals surface area contributed by atoms with Gasteiger partial charge >= 0.3 is 12.3 Å². The number of piperazine rings is 1. The molecule has 2 atom stereocenters. The number of aliphatic hydroxyl groups excluding tert-OH is 1. The Morgan fingerprint density at radius 3 is 2.32 bits per heavy atom. The number of ether oxygens (including phenoxy) is 1. The molecule has 9 nitrogen and oxygen atoms in total. The highest BCUT2D eigenvalue weighted by atomic mass is 19.4. The predicted octanol–water partition coefficient (Wildman–Crippen LogP) is 1.02. The number of rotatable bonds is 4. The zero-order valence-electron chi connectivity index (χ0n) is 17.2. The van der Waals surface area contributed by atoms with Crippen LogP contribution >= 0.6 is 0 Å². The fraction of sp³-hybridized carbons (Fsp3) is 0.625. The molecular weight excluding hydrogens is 383 g/mol. The Kier molecular flexibility index (Phi) is 7.64. The molecule has 1 fully saturated rings.